The summed E-state index contributed by atoms with van der Waals surface area (Å²) in [5.74, 6) is 0. The van der Waals surface area contributed by atoms with Gasteiger partial charge in [-0.15, -0.1) is 11.6 Å². The van der Waals surface area contributed by atoms with Crippen molar-refractivity contribution < 1.29 is 14.9 Å². The van der Waals surface area contributed by atoms with Crippen molar-refractivity contribution in [2.45, 2.75) is 48.0 Å². The largest absolute Gasteiger partial charge is 0.390 e. The number of hydrogen-bond donors (Lipinski definition) is 2. The van der Waals surface area contributed by atoms with Crippen LogP contribution >= 0.6 is 11.6 Å². The van der Waals surface area contributed by atoms with E-state index < -0.39 is 17.8 Å². The van der Waals surface area contributed by atoms with Crippen LogP contribution in [0.2, 0.25) is 0 Å². The molecule has 2 N–H and O–H groups in total. The minimum atomic E-state index is -0.692. The van der Waals surface area contributed by atoms with Crippen molar-refractivity contribution in [3.63, 3.8) is 0 Å². The first-order valence-corrected chi connectivity index (χ1v) is 4.75. The number of hydrogen-bond acceptors (Lipinski definition) is 3. The van der Waals surface area contributed by atoms with Gasteiger partial charge in [0, 0.05) is 6.42 Å². The van der Waals surface area contributed by atoms with Gasteiger partial charge in [0.05, 0.1) is 17.1 Å². The molecular weight excluding hydrogens is 180 g/mol. The molecule has 1 saturated heterocycles. The molecule has 1 heterocycles. The monoisotopic (exact) mass is 190 g/mol. The second-order valence-corrected chi connectivity index (χ2v) is 4.66. The molecule has 2 saturated carbocycles. The number of rotatable bonds is 0. The molecule has 0 amide bonds. The van der Waals surface area contributed by atoms with Gasteiger partial charge < -0.3 is 14.9 Å². The molecule has 4 heteroatoms. The fourth-order valence-electron chi connectivity index (χ4n) is 2.20. The van der Waals surface area contributed by atoms with Gasteiger partial charge in [-0.2, -0.15) is 0 Å². The van der Waals surface area contributed by atoms with Gasteiger partial charge in [0.25, 0.3) is 0 Å². The standard InChI is InChI=1S/C8H11ClO3/c9-5-6(11)8(3-4(8)10)12-7(5)1-2-7/h4-6,10-11H,1-3H2/t4?,5-,6-,8?/m0/s1. The van der Waals surface area contributed by atoms with Crippen LogP contribution in [0.25, 0.3) is 0 Å². The lowest BCUT2D eigenvalue weighted by Crippen LogP contribution is -2.32. The van der Waals surface area contributed by atoms with E-state index in [0.717, 1.165) is 12.8 Å². The SMILES string of the molecule is OC1CC12OC1(CC1)[C@@H](Cl)[C@@H]2O. The second-order valence-electron chi connectivity index (χ2n) is 4.19. The molecular formula is C8H11ClO3. The summed E-state index contributed by atoms with van der Waals surface area (Å²) in [4.78, 5) is 0. The molecule has 3 nitrogen and oxygen atoms in total. The van der Waals surface area contributed by atoms with E-state index in [1.165, 1.54) is 0 Å². The summed E-state index contributed by atoms with van der Waals surface area (Å²) >= 11 is 6.02. The predicted molar refractivity (Wildman–Crippen MR) is 42.1 cm³/mol. The molecule has 0 aromatic rings. The minimum absolute atomic E-state index is 0.293. The Morgan fingerprint density at radius 2 is 1.92 bits per heavy atom. The molecule has 0 aromatic carbocycles. The summed E-state index contributed by atoms with van der Waals surface area (Å²) in [7, 11) is 0. The summed E-state index contributed by atoms with van der Waals surface area (Å²) in [5, 5.41) is 18.7. The minimum Gasteiger partial charge on any atom is -0.390 e. The van der Waals surface area contributed by atoms with E-state index in [2.05, 4.69) is 0 Å². The summed E-state index contributed by atoms with van der Waals surface area (Å²) in [6.45, 7) is 0. The van der Waals surface area contributed by atoms with Crippen molar-refractivity contribution in [1.82, 2.24) is 0 Å². The third-order valence-electron chi connectivity index (χ3n) is 3.33. The van der Waals surface area contributed by atoms with Crippen LogP contribution in [0.15, 0.2) is 0 Å². The molecule has 4 atom stereocenters. The molecule has 0 aromatic heterocycles. The molecule has 3 fully saturated rings. The smallest absolute Gasteiger partial charge is 0.125 e. The van der Waals surface area contributed by atoms with Crippen LogP contribution in [-0.4, -0.2) is 39.0 Å². The Hall–Kier alpha value is 0.170. The van der Waals surface area contributed by atoms with Crippen LogP contribution in [0.5, 0.6) is 0 Å². The van der Waals surface area contributed by atoms with Crippen LogP contribution in [0, 0.1) is 0 Å². The lowest BCUT2D eigenvalue weighted by atomic mass is 10.1. The molecule has 2 aliphatic carbocycles. The molecule has 3 rings (SSSR count). The van der Waals surface area contributed by atoms with Crippen LogP contribution in [0.4, 0.5) is 0 Å². The van der Waals surface area contributed by atoms with Gasteiger partial charge in [-0.1, -0.05) is 0 Å². The summed E-state index contributed by atoms with van der Waals surface area (Å²) in [5.41, 5.74) is -0.985. The van der Waals surface area contributed by atoms with E-state index in [-0.39, 0.29) is 11.0 Å². The zero-order valence-corrected chi connectivity index (χ0v) is 7.29. The first kappa shape index (κ1) is 7.56. The highest BCUT2D eigenvalue weighted by atomic mass is 35.5. The third-order valence-corrected chi connectivity index (χ3v) is 3.97. The fraction of sp³-hybridized carbons (Fsp3) is 1.00. The molecule has 0 bridgehead atoms. The Morgan fingerprint density at radius 1 is 1.33 bits per heavy atom. The van der Waals surface area contributed by atoms with Crippen molar-refractivity contribution in [3.05, 3.63) is 0 Å². The zero-order valence-electron chi connectivity index (χ0n) is 6.53. The Kier molecular flexibility index (Phi) is 1.15. The predicted octanol–water partition coefficient (Wildman–Crippen LogP) is 0.0209. The van der Waals surface area contributed by atoms with Crippen LogP contribution < -0.4 is 0 Å². The third kappa shape index (κ3) is 0.654. The van der Waals surface area contributed by atoms with E-state index in [9.17, 15) is 10.2 Å². The molecule has 12 heavy (non-hydrogen) atoms. The zero-order chi connectivity index (χ0) is 8.56. The lowest BCUT2D eigenvalue weighted by Gasteiger charge is -2.11. The second kappa shape index (κ2) is 1.82. The maximum atomic E-state index is 9.72. The van der Waals surface area contributed by atoms with Crippen molar-refractivity contribution in [2.24, 2.45) is 0 Å². The topological polar surface area (TPSA) is 49.7 Å². The molecule has 1 aliphatic heterocycles. The van der Waals surface area contributed by atoms with Crippen LogP contribution in [0.3, 0.4) is 0 Å². The van der Waals surface area contributed by atoms with Gasteiger partial charge in [-0.25, -0.2) is 0 Å². The van der Waals surface area contributed by atoms with Gasteiger partial charge in [-0.05, 0) is 12.8 Å². The van der Waals surface area contributed by atoms with Crippen molar-refractivity contribution in [3.8, 4) is 0 Å². The number of halogens is 1. The highest BCUT2D eigenvalue weighted by Gasteiger charge is 2.75. The molecule has 0 radical (unpaired) electrons. The lowest BCUT2D eigenvalue weighted by molar-refractivity contribution is -0.0458. The fourth-order valence-corrected chi connectivity index (χ4v) is 2.68. The van der Waals surface area contributed by atoms with Gasteiger partial charge in [0.15, 0.2) is 0 Å². The molecule has 2 spiro atoms. The number of ether oxygens (including phenoxy) is 1. The first-order chi connectivity index (χ1) is 5.61. The normalized spacial score (nSPS) is 59.8. The van der Waals surface area contributed by atoms with Crippen molar-refractivity contribution >= 4 is 11.6 Å². The number of alkyl halides is 1. The van der Waals surface area contributed by atoms with Gasteiger partial charge in [0.1, 0.15) is 11.7 Å². The number of aliphatic hydroxyl groups excluding tert-OH is 2. The number of aliphatic hydroxyl groups is 2. The van der Waals surface area contributed by atoms with Gasteiger partial charge in [0.2, 0.25) is 0 Å². The Labute approximate surface area is 75.3 Å². The Morgan fingerprint density at radius 3 is 2.17 bits per heavy atom. The highest BCUT2D eigenvalue weighted by Crippen LogP contribution is 2.62. The molecule has 2 unspecified atom stereocenters. The van der Waals surface area contributed by atoms with E-state index in [0.29, 0.717) is 6.42 Å². The van der Waals surface area contributed by atoms with E-state index in [4.69, 9.17) is 16.3 Å². The Balaban J connectivity index is 1.92. The highest BCUT2D eigenvalue weighted by molar-refractivity contribution is 6.22. The summed E-state index contributed by atoms with van der Waals surface area (Å²) in [6, 6.07) is 0. The van der Waals surface area contributed by atoms with E-state index in [1.807, 2.05) is 0 Å². The first-order valence-electron chi connectivity index (χ1n) is 4.31. The molecule has 3 aliphatic rings. The molecule has 68 valence electrons. The summed E-state index contributed by atoms with van der Waals surface area (Å²) < 4.78 is 5.66. The van der Waals surface area contributed by atoms with Crippen molar-refractivity contribution in [2.75, 3.05) is 0 Å². The van der Waals surface area contributed by atoms with Crippen molar-refractivity contribution in [1.29, 1.82) is 0 Å². The average Bonchev–Trinajstić information content (AvgIpc) is 2.90. The quantitative estimate of drug-likeness (QED) is 0.530. The average molecular weight is 191 g/mol. The Bertz CT molecular complexity index is 240. The maximum Gasteiger partial charge on any atom is 0.125 e. The van der Waals surface area contributed by atoms with Gasteiger partial charge in [-0.3, -0.25) is 0 Å². The maximum absolute atomic E-state index is 9.72. The van der Waals surface area contributed by atoms with Crippen LogP contribution in [0.1, 0.15) is 19.3 Å². The van der Waals surface area contributed by atoms with Crippen LogP contribution in [-0.2, 0) is 4.74 Å². The van der Waals surface area contributed by atoms with Gasteiger partial charge >= 0.3 is 0 Å². The van der Waals surface area contributed by atoms with E-state index in [1.54, 1.807) is 0 Å². The van der Waals surface area contributed by atoms with E-state index >= 15 is 0 Å². The summed E-state index contributed by atoms with van der Waals surface area (Å²) in [6.07, 6.45) is 1.20.